The molecule has 2 aromatic rings. The van der Waals surface area contributed by atoms with Gasteiger partial charge in [-0.1, -0.05) is 26.0 Å². The van der Waals surface area contributed by atoms with E-state index in [1.165, 1.54) is 0 Å². The summed E-state index contributed by atoms with van der Waals surface area (Å²) in [5.41, 5.74) is 0.627. The van der Waals surface area contributed by atoms with Gasteiger partial charge in [0.15, 0.2) is 5.78 Å². The first-order chi connectivity index (χ1) is 9.59. The number of Topliss-reactive ketones (excluding diaryl/α,β-unsaturated/α-hetero) is 1. The van der Waals surface area contributed by atoms with E-state index in [9.17, 15) is 4.79 Å². The minimum absolute atomic E-state index is 0.0195. The maximum atomic E-state index is 11.5. The van der Waals surface area contributed by atoms with Gasteiger partial charge in [0.2, 0.25) is 0 Å². The molecule has 0 spiro atoms. The summed E-state index contributed by atoms with van der Waals surface area (Å²) in [4.78, 5) is 15.8. The predicted octanol–water partition coefficient (Wildman–Crippen LogP) is 3.29. The average Bonchev–Trinajstić information content (AvgIpc) is 2.87. The highest BCUT2D eigenvalue weighted by Gasteiger charge is 2.09. The fourth-order valence-electron chi connectivity index (χ4n) is 2.15. The first-order valence-electron chi connectivity index (χ1n) is 6.83. The molecule has 0 unspecified atom stereocenters. The van der Waals surface area contributed by atoms with Gasteiger partial charge in [-0.3, -0.25) is 4.79 Å². The highest BCUT2D eigenvalue weighted by Crippen LogP contribution is 2.18. The number of ketones is 1. The molecule has 0 saturated heterocycles. The van der Waals surface area contributed by atoms with Crippen LogP contribution in [-0.4, -0.2) is 21.9 Å². The number of rotatable bonds is 6. The fourth-order valence-corrected chi connectivity index (χ4v) is 2.15. The Balaban J connectivity index is 2.00. The van der Waals surface area contributed by atoms with Crippen molar-refractivity contribution in [3.05, 3.63) is 48.0 Å². The van der Waals surface area contributed by atoms with E-state index in [0.717, 1.165) is 12.4 Å². The number of nitrogens with zero attached hydrogens (tertiary/aromatic N) is 2. The van der Waals surface area contributed by atoms with Crippen molar-refractivity contribution in [1.82, 2.24) is 9.55 Å². The largest absolute Gasteiger partial charge is 0.491 e. The fraction of sp³-hybridized carbons (Fsp3) is 0.375. The molecule has 0 atom stereocenters. The lowest BCUT2D eigenvalue weighted by atomic mass is 10.1. The van der Waals surface area contributed by atoms with Crippen molar-refractivity contribution in [3.8, 4) is 5.75 Å². The molecule has 0 N–H and O–H groups in total. The molecule has 4 nitrogen and oxygen atoms in total. The maximum Gasteiger partial charge on any atom is 0.163 e. The Morgan fingerprint density at radius 1 is 1.35 bits per heavy atom. The number of imidazole rings is 1. The van der Waals surface area contributed by atoms with E-state index < -0.39 is 0 Å². The van der Waals surface area contributed by atoms with Crippen LogP contribution >= 0.6 is 0 Å². The third-order valence-electron chi connectivity index (χ3n) is 3.12. The number of carbonyl (C=O) groups excluding carboxylic acids is 1. The van der Waals surface area contributed by atoms with E-state index in [1.807, 2.05) is 24.4 Å². The zero-order chi connectivity index (χ0) is 14.5. The standard InChI is InChI=1S/C16H20N2O2/c1-12(2)16-17-8-9-18(16)10-11-20-15-7-5-4-6-14(15)13(3)19/h4-9,12H,10-11H2,1-3H3. The van der Waals surface area contributed by atoms with Crippen LogP contribution in [0.25, 0.3) is 0 Å². The quantitative estimate of drug-likeness (QED) is 0.758. The van der Waals surface area contributed by atoms with E-state index in [4.69, 9.17) is 4.74 Å². The highest BCUT2D eigenvalue weighted by molar-refractivity contribution is 5.96. The summed E-state index contributed by atoms with van der Waals surface area (Å²) in [6.07, 6.45) is 3.76. The van der Waals surface area contributed by atoms with Gasteiger partial charge in [-0.05, 0) is 19.1 Å². The molecule has 0 aliphatic heterocycles. The summed E-state index contributed by atoms with van der Waals surface area (Å²) in [7, 11) is 0. The summed E-state index contributed by atoms with van der Waals surface area (Å²) in [6.45, 7) is 7.02. The Bertz CT molecular complexity index is 588. The van der Waals surface area contributed by atoms with Gasteiger partial charge in [-0.15, -0.1) is 0 Å². The van der Waals surface area contributed by atoms with Crippen LogP contribution in [-0.2, 0) is 6.54 Å². The topological polar surface area (TPSA) is 44.1 Å². The van der Waals surface area contributed by atoms with Crippen LogP contribution in [0.4, 0.5) is 0 Å². The van der Waals surface area contributed by atoms with Gasteiger partial charge in [-0.25, -0.2) is 4.98 Å². The molecule has 1 heterocycles. The van der Waals surface area contributed by atoms with Crippen LogP contribution in [0.2, 0.25) is 0 Å². The van der Waals surface area contributed by atoms with E-state index in [1.54, 1.807) is 19.2 Å². The van der Waals surface area contributed by atoms with Gasteiger partial charge in [-0.2, -0.15) is 0 Å². The summed E-state index contributed by atoms with van der Waals surface area (Å²) in [6, 6.07) is 7.33. The molecule has 0 saturated carbocycles. The van der Waals surface area contributed by atoms with Gasteiger partial charge < -0.3 is 9.30 Å². The second-order valence-corrected chi connectivity index (χ2v) is 5.03. The predicted molar refractivity (Wildman–Crippen MR) is 78.3 cm³/mol. The van der Waals surface area contributed by atoms with Crippen molar-refractivity contribution in [3.63, 3.8) is 0 Å². The van der Waals surface area contributed by atoms with E-state index in [2.05, 4.69) is 23.4 Å². The monoisotopic (exact) mass is 272 g/mol. The molecular formula is C16H20N2O2. The van der Waals surface area contributed by atoms with E-state index >= 15 is 0 Å². The number of benzene rings is 1. The Hall–Kier alpha value is -2.10. The van der Waals surface area contributed by atoms with Crippen molar-refractivity contribution >= 4 is 5.78 Å². The molecule has 1 aromatic heterocycles. The van der Waals surface area contributed by atoms with Gasteiger partial charge in [0.25, 0.3) is 0 Å². The lowest BCUT2D eigenvalue weighted by Crippen LogP contribution is -2.12. The van der Waals surface area contributed by atoms with Gasteiger partial charge in [0.1, 0.15) is 18.2 Å². The summed E-state index contributed by atoms with van der Waals surface area (Å²) in [5, 5.41) is 0. The van der Waals surface area contributed by atoms with E-state index in [-0.39, 0.29) is 5.78 Å². The maximum absolute atomic E-state index is 11.5. The number of para-hydroxylation sites is 1. The Kier molecular flexibility index (Phi) is 4.56. The van der Waals surface area contributed by atoms with Crippen LogP contribution in [0, 0.1) is 0 Å². The van der Waals surface area contributed by atoms with Gasteiger partial charge in [0, 0.05) is 18.3 Å². The van der Waals surface area contributed by atoms with Crippen molar-refractivity contribution in [2.75, 3.05) is 6.61 Å². The molecule has 0 aliphatic rings. The lowest BCUT2D eigenvalue weighted by Gasteiger charge is -2.12. The number of aromatic nitrogens is 2. The molecule has 0 fully saturated rings. The van der Waals surface area contributed by atoms with Crippen LogP contribution < -0.4 is 4.74 Å². The molecule has 4 heteroatoms. The molecule has 0 radical (unpaired) electrons. The van der Waals surface area contributed by atoms with Crippen LogP contribution in [0.1, 0.15) is 42.9 Å². The molecule has 1 aromatic carbocycles. The lowest BCUT2D eigenvalue weighted by molar-refractivity contribution is 0.101. The summed E-state index contributed by atoms with van der Waals surface area (Å²) < 4.78 is 7.82. The third-order valence-corrected chi connectivity index (χ3v) is 3.12. The zero-order valence-electron chi connectivity index (χ0n) is 12.2. The molecule has 2 rings (SSSR count). The smallest absolute Gasteiger partial charge is 0.163 e. The van der Waals surface area contributed by atoms with E-state index in [0.29, 0.717) is 23.8 Å². The second kappa shape index (κ2) is 6.37. The van der Waals surface area contributed by atoms with Gasteiger partial charge in [0.05, 0.1) is 12.1 Å². The Labute approximate surface area is 119 Å². The number of hydrogen-bond acceptors (Lipinski definition) is 3. The first kappa shape index (κ1) is 14.3. The van der Waals surface area contributed by atoms with Crippen molar-refractivity contribution < 1.29 is 9.53 Å². The molecular weight excluding hydrogens is 252 g/mol. The molecule has 20 heavy (non-hydrogen) atoms. The highest BCUT2D eigenvalue weighted by atomic mass is 16.5. The van der Waals surface area contributed by atoms with Crippen molar-refractivity contribution in [1.29, 1.82) is 0 Å². The molecule has 106 valence electrons. The second-order valence-electron chi connectivity index (χ2n) is 5.03. The zero-order valence-corrected chi connectivity index (χ0v) is 12.2. The first-order valence-corrected chi connectivity index (χ1v) is 6.83. The van der Waals surface area contributed by atoms with Crippen molar-refractivity contribution in [2.24, 2.45) is 0 Å². The summed E-state index contributed by atoms with van der Waals surface area (Å²) >= 11 is 0. The molecule has 0 amide bonds. The van der Waals surface area contributed by atoms with Crippen LogP contribution in [0.3, 0.4) is 0 Å². The van der Waals surface area contributed by atoms with Crippen LogP contribution in [0.15, 0.2) is 36.7 Å². The Morgan fingerprint density at radius 3 is 2.80 bits per heavy atom. The minimum atomic E-state index is 0.0195. The normalized spacial score (nSPS) is 10.8. The van der Waals surface area contributed by atoms with Crippen LogP contribution in [0.5, 0.6) is 5.75 Å². The SMILES string of the molecule is CC(=O)c1ccccc1OCCn1ccnc1C(C)C. The Morgan fingerprint density at radius 2 is 2.10 bits per heavy atom. The minimum Gasteiger partial charge on any atom is -0.491 e. The summed E-state index contributed by atoms with van der Waals surface area (Å²) in [5.74, 6) is 2.10. The average molecular weight is 272 g/mol. The number of hydrogen-bond donors (Lipinski definition) is 0. The molecule has 0 aliphatic carbocycles. The number of ether oxygens (including phenoxy) is 1. The van der Waals surface area contributed by atoms with Gasteiger partial charge >= 0.3 is 0 Å². The molecule has 0 bridgehead atoms. The third kappa shape index (κ3) is 3.26. The number of carbonyl (C=O) groups is 1. The van der Waals surface area contributed by atoms with Crippen molar-refractivity contribution in [2.45, 2.75) is 33.2 Å².